The van der Waals surface area contributed by atoms with Crippen molar-refractivity contribution in [2.24, 2.45) is 0 Å². The molecule has 1 unspecified atom stereocenters. The molecule has 0 heterocycles. The molecule has 0 aromatic heterocycles. The van der Waals surface area contributed by atoms with E-state index in [9.17, 15) is 4.79 Å². The lowest BCUT2D eigenvalue weighted by Crippen LogP contribution is -2.32. The van der Waals surface area contributed by atoms with Crippen LogP contribution in [-0.2, 0) is 11.2 Å². The third-order valence-corrected chi connectivity index (χ3v) is 4.56. The lowest BCUT2D eigenvalue weighted by Gasteiger charge is -2.17. The van der Waals surface area contributed by atoms with Gasteiger partial charge in [0.15, 0.2) is 6.10 Å². The van der Waals surface area contributed by atoms with Crippen LogP contribution in [0, 0.1) is 6.92 Å². The van der Waals surface area contributed by atoms with Gasteiger partial charge in [0.2, 0.25) is 0 Å². The molecular weight excluding hydrogens is 362 g/mol. The van der Waals surface area contributed by atoms with Gasteiger partial charge in [0.1, 0.15) is 11.5 Å². The van der Waals surface area contributed by atoms with Crippen LogP contribution in [-0.4, -0.2) is 18.6 Å². The second-order valence-corrected chi connectivity index (χ2v) is 6.93. The molecule has 3 aromatic rings. The van der Waals surface area contributed by atoms with Crippen molar-refractivity contribution in [3.63, 3.8) is 0 Å². The van der Waals surface area contributed by atoms with E-state index in [4.69, 9.17) is 9.47 Å². The Morgan fingerprint density at radius 1 is 0.931 bits per heavy atom. The van der Waals surface area contributed by atoms with Crippen LogP contribution < -0.4 is 14.8 Å². The van der Waals surface area contributed by atoms with Crippen LogP contribution in [0.25, 0.3) is 0 Å². The number of aryl methyl sites for hydroxylation is 1. The molecule has 150 valence electrons. The third-order valence-electron chi connectivity index (χ3n) is 4.56. The van der Waals surface area contributed by atoms with Crippen molar-refractivity contribution < 1.29 is 14.3 Å². The summed E-state index contributed by atoms with van der Waals surface area (Å²) in [5.41, 5.74) is 3.06. The highest BCUT2D eigenvalue weighted by Gasteiger charge is 2.18. The minimum Gasteiger partial charge on any atom is -0.493 e. The van der Waals surface area contributed by atoms with Crippen LogP contribution >= 0.6 is 0 Å². The zero-order valence-electron chi connectivity index (χ0n) is 16.9. The summed E-state index contributed by atoms with van der Waals surface area (Å²) in [5, 5.41) is 2.92. The van der Waals surface area contributed by atoms with Crippen molar-refractivity contribution in [2.75, 3.05) is 11.9 Å². The fourth-order valence-corrected chi connectivity index (χ4v) is 2.96. The van der Waals surface area contributed by atoms with Gasteiger partial charge in [0.25, 0.3) is 5.91 Å². The van der Waals surface area contributed by atoms with Crippen molar-refractivity contribution in [1.82, 2.24) is 0 Å². The normalized spacial score (nSPS) is 11.5. The molecule has 0 aliphatic carbocycles. The average molecular weight is 389 g/mol. The Hall–Kier alpha value is -3.27. The molecule has 0 aliphatic heterocycles. The highest BCUT2D eigenvalue weighted by atomic mass is 16.5. The van der Waals surface area contributed by atoms with E-state index >= 15 is 0 Å². The van der Waals surface area contributed by atoms with Crippen LogP contribution in [0.4, 0.5) is 5.69 Å². The summed E-state index contributed by atoms with van der Waals surface area (Å²) in [6, 6.07) is 25.4. The van der Waals surface area contributed by atoms with E-state index in [1.54, 1.807) is 0 Å². The monoisotopic (exact) mass is 389 g/mol. The van der Waals surface area contributed by atoms with Gasteiger partial charge in [-0.15, -0.1) is 0 Å². The molecule has 1 amide bonds. The highest BCUT2D eigenvalue weighted by molar-refractivity contribution is 5.94. The number of rotatable bonds is 9. The second-order valence-electron chi connectivity index (χ2n) is 6.93. The molecule has 0 saturated heterocycles. The topological polar surface area (TPSA) is 47.6 Å². The molecule has 4 nitrogen and oxygen atoms in total. The number of benzene rings is 3. The summed E-state index contributed by atoms with van der Waals surface area (Å²) in [6.45, 7) is 4.54. The zero-order chi connectivity index (χ0) is 20.5. The summed E-state index contributed by atoms with van der Waals surface area (Å²) in [6.07, 6.45) is 0.896. The van der Waals surface area contributed by atoms with Gasteiger partial charge in [-0.05, 0) is 60.9 Å². The number of carbonyl (C=O) groups excluding carboxylic acids is 1. The van der Waals surface area contributed by atoms with E-state index in [1.165, 1.54) is 5.56 Å². The minimum absolute atomic E-state index is 0.160. The Bertz CT molecular complexity index is 907. The quantitative estimate of drug-likeness (QED) is 0.532. The fourth-order valence-electron chi connectivity index (χ4n) is 2.96. The first-order valence-electron chi connectivity index (χ1n) is 9.95. The predicted octanol–water partition coefficient (Wildman–Crippen LogP) is 5.41. The van der Waals surface area contributed by atoms with Gasteiger partial charge >= 0.3 is 0 Å². The Labute approximate surface area is 172 Å². The molecule has 4 heteroatoms. The lowest BCUT2D eigenvalue weighted by molar-refractivity contribution is -0.122. The van der Waals surface area contributed by atoms with Gasteiger partial charge in [-0.1, -0.05) is 49.4 Å². The lowest BCUT2D eigenvalue weighted by atomic mass is 10.2. The number of ether oxygens (including phenoxy) is 2. The van der Waals surface area contributed by atoms with Crippen molar-refractivity contribution >= 4 is 11.6 Å². The van der Waals surface area contributed by atoms with E-state index in [0.717, 1.165) is 23.4 Å². The summed E-state index contributed by atoms with van der Waals surface area (Å²) in [4.78, 5) is 12.6. The maximum absolute atomic E-state index is 12.6. The fraction of sp³-hybridized carbons (Fsp3) is 0.240. The van der Waals surface area contributed by atoms with Crippen molar-refractivity contribution in [1.29, 1.82) is 0 Å². The second kappa shape index (κ2) is 10.3. The summed E-state index contributed by atoms with van der Waals surface area (Å²) in [7, 11) is 0. The number of hydrogen-bond donors (Lipinski definition) is 1. The summed E-state index contributed by atoms with van der Waals surface area (Å²) >= 11 is 0. The van der Waals surface area contributed by atoms with Crippen molar-refractivity contribution in [3.05, 3.63) is 90.0 Å². The van der Waals surface area contributed by atoms with Crippen LogP contribution in [0.2, 0.25) is 0 Å². The largest absolute Gasteiger partial charge is 0.493 e. The first-order valence-corrected chi connectivity index (χ1v) is 9.95. The zero-order valence-corrected chi connectivity index (χ0v) is 16.9. The molecule has 3 rings (SSSR count). The van der Waals surface area contributed by atoms with E-state index < -0.39 is 6.10 Å². The smallest absolute Gasteiger partial charge is 0.265 e. The number of carbonyl (C=O) groups is 1. The van der Waals surface area contributed by atoms with Gasteiger partial charge in [-0.2, -0.15) is 0 Å². The predicted molar refractivity (Wildman–Crippen MR) is 117 cm³/mol. The van der Waals surface area contributed by atoms with Crippen molar-refractivity contribution in [3.8, 4) is 11.5 Å². The molecular formula is C25H27NO3. The van der Waals surface area contributed by atoms with Gasteiger partial charge in [-0.25, -0.2) is 0 Å². The summed E-state index contributed by atoms with van der Waals surface area (Å²) < 4.78 is 11.7. The molecule has 1 N–H and O–H groups in total. The van der Waals surface area contributed by atoms with Crippen molar-refractivity contribution in [2.45, 2.75) is 32.8 Å². The van der Waals surface area contributed by atoms with E-state index in [0.29, 0.717) is 18.8 Å². The molecule has 29 heavy (non-hydrogen) atoms. The third kappa shape index (κ3) is 6.39. The summed E-state index contributed by atoms with van der Waals surface area (Å²) in [5.74, 6) is 1.32. The number of anilines is 1. The average Bonchev–Trinajstić information content (AvgIpc) is 2.74. The highest BCUT2D eigenvalue weighted by Crippen LogP contribution is 2.19. The maximum Gasteiger partial charge on any atom is 0.265 e. The van der Waals surface area contributed by atoms with Gasteiger partial charge in [0, 0.05) is 12.1 Å². The van der Waals surface area contributed by atoms with Crippen LogP contribution in [0.1, 0.15) is 24.5 Å². The maximum atomic E-state index is 12.6. The Morgan fingerprint density at radius 3 is 2.38 bits per heavy atom. The van der Waals surface area contributed by atoms with Gasteiger partial charge in [0.05, 0.1) is 6.61 Å². The van der Waals surface area contributed by atoms with Gasteiger partial charge in [-0.3, -0.25) is 4.79 Å². The Balaban J connectivity index is 1.50. The first kappa shape index (κ1) is 20.5. The Kier molecular flexibility index (Phi) is 7.28. The molecule has 0 bridgehead atoms. The SMILES string of the molecule is CCC(Oc1cccc(C)c1)C(=O)Nc1ccc(OCCc2ccccc2)cc1. The standard InChI is InChI=1S/C25H27NO3/c1-3-24(29-23-11-7-8-19(2)18-23)25(27)26-21-12-14-22(15-13-21)28-17-16-20-9-5-4-6-10-20/h4-15,18,24H,3,16-17H2,1-2H3,(H,26,27). The van der Waals surface area contributed by atoms with E-state index in [1.807, 2.05) is 80.6 Å². The Morgan fingerprint density at radius 2 is 1.69 bits per heavy atom. The molecule has 0 fully saturated rings. The molecule has 0 spiro atoms. The minimum atomic E-state index is -0.543. The molecule has 1 atom stereocenters. The number of nitrogens with one attached hydrogen (secondary N) is 1. The van der Waals surface area contributed by atoms with Crippen LogP contribution in [0.3, 0.4) is 0 Å². The van der Waals surface area contributed by atoms with Gasteiger partial charge < -0.3 is 14.8 Å². The molecule has 0 saturated carbocycles. The van der Waals surface area contributed by atoms with Crippen LogP contribution in [0.15, 0.2) is 78.9 Å². The molecule has 3 aromatic carbocycles. The van der Waals surface area contributed by atoms with Crippen LogP contribution in [0.5, 0.6) is 11.5 Å². The number of amides is 1. The van der Waals surface area contributed by atoms with E-state index in [2.05, 4.69) is 17.4 Å². The molecule has 0 aliphatic rings. The molecule has 0 radical (unpaired) electrons. The van der Waals surface area contributed by atoms with E-state index in [-0.39, 0.29) is 5.91 Å². The number of hydrogen-bond acceptors (Lipinski definition) is 3. The first-order chi connectivity index (χ1) is 14.1.